The van der Waals surface area contributed by atoms with E-state index in [1.54, 1.807) is 127 Å². The molecular formula is C63H53BrO18. The zero-order valence-corrected chi connectivity index (χ0v) is 45.1. The van der Waals surface area contributed by atoms with Gasteiger partial charge < -0.3 is 52.1 Å². The van der Waals surface area contributed by atoms with E-state index in [1.165, 1.54) is 84.9 Å². The van der Waals surface area contributed by atoms with Gasteiger partial charge in [0.05, 0.1) is 45.6 Å². The van der Waals surface area contributed by atoms with Gasteiger partial charge in [0.2, 0.25) is 0 Å². The molecule has 10 atom stereocenters. The van der Waals surface area contributed by atoms with Crippen LogP contribution in [0.3, 0.4) is 0 Å². The van der Waals surface area contributed by atoms with Crippen molar-refractivity contribution < 1.29 is 85.7 Å². The SMILES string of the molecule is O=C(OCC1OC(OC2C(COC(=O)c3ccccc3)OC(OCCBr)C(OC(=O)c3ccccc3)C2OC(=O)c2ccccc2)C(OC(=O)c2ccccc2)C(OC(=O)c2ccccc2)C1OC(=O)c1ccccc1)c1ccccc1. The molecule has 18 nitrogen and oxygen atoms in total. The monoisotopic (exact) mass is 1180 g/mol. The second-order valence-corrected chi connectivity index (χ2v) is 19.1. The van der Waals surface area contributed by atoms with Crippen LogP contribution in [0.25, 0.3) is 0 Å². The Labute approximate surface area is 479 Å². The summed E-state index contributed by atoms with van der Waals surface area (Å²) in [6.45, 7) is -1.46. The molecule has 2 saturated heterocycles. The number of ether oxygens (including phenoxy) is 11. The van der Waals surface area contributed by atoms with Crippen LogP contribution in [0.4, 0.5) is 0 Å². The number of carbonyl (C=O) groups is 7. The van der Waals surface area contributed by atoms with Crippen LogP contribution in [0.1, 0.15) is 72.5 Å². The topological polar surface area (TPSA) is 221 Å². The van der Waals surface area contributed by atoms with E-state index in [1.807, 2.05) is 0 Å². The standard InChI is InChI=1S/C63H53BrO18/c64-36-37-72-62-53(80-60(70)45-32-18-6-19-33-45)52(79-59(69)44-30-16-5-17-31-44)50(48(75-62)39-74-56(66)41-24-10-2-11-25-41)82-63-54(81-61(71)46-34-20-7-21-35-46)51(78-58(68)43-28-14-4-15-29-43)49(77-57(67)42-26-12-3-13-27-42)47(76-63)38-73-55(65)40-22-8-1-9-23-40/h1-35,47-54,62-63H,36-39H2. The average molecular weight is 1180 g/mol. The molecule has 0 aromatic heterocycles. The first kappa shape index (κ1) is 57.8. The first-order valence-electron chi connectivity index (χ1n) is 25.9. The van der Waals surface area contributed by atoms with Gasteiger partial charge in [-0.3, -0.25) is 0 Å². The zero-order valence-electron chi connectivity index (χ0n) is 43.5. The highest BCUT2D eigenvalue weighted by Gasteiger charge is 2.58. The number of carbonyl (C=O) groups excluding carboxylic acids is 7. The maximum absolute atomic E-state index is 14.6. The fourth-order valence-electron chi connectivity index (χ4n) is 8.87. The van der Waals surface area contributed by atoms with Crippen molar-refractivity contribution in [1.82, 2.24) is 0 Å². The smallest absolute Gasteiger partial charge is 0.338 e. The van der Waals surface area contributed by atoms with Crippen molar-refractivity contribution in [2.24, 2.45) is 0 Å². The minimum absolute atomic E-state index is 0.00664. The number of rotatable bonds is 21. The second kappa shape index (κ2) is 28.5. The Hall–Kier alpha value is -8.85. The minimum atomic E-state index is -2.04. The normalized spacial score (nSPS) is 22.0. The molecule has 0 spiro atoms. The Morgan fingerprint density at radius 2 is 0.573 bits per heavy atom. The predicted octanol–water partition coefficient (Wildman–Crippen LogP) is 9.07. The predicted molar refractivity (Wildman–Crippen MR) is 294 cm³/mol. The maximum Gasteiger partial charge on any atom is 0.338 e. The molecule has 2 fully saturated rings. The molecule has 0 aliphatic carbocycles. The van der Waals surface area contributed by atoms with Crippen molar-refractivity contribution in [3.63, 3.8) is 0 Å². The molecule has 7 aromatic carbocycles. The Morgan fingerprint density at radius 3 is 0.902 bits per heavy atom. The summed E-state index contributed by atoms with van der Waals surface area (Å²) in [5.41, 5.74) is 0.495. The Bertz CT molecular complexity index is 3230. The lowest BCUT2D eigenvalue weighted by molar-refractivity contribution is -0.355. The Balaban J connectivity index is 1.20. The van der Waals surface area contributed by atoms with Gasteiger partial charge >= 0.3 is 41.8 Å². The van der Waals surface area contributed by atoms with Crippen molar-refractivity contribution in [2.75, 3.05) is 25.2 Å². The summed E-state index contributed by atoms with van der Waals surface area (Å²) in [5, 5.41) is 0.244. The Morgan fingerprint density at radius 1 is 0.317 bits per heavy atom. The van der Waals surface area contributed by atoms with Crippen molar-refractivity contribution >= 4 is 57.7 Å². The number of hydrogen-bond donors (Lipinski definition) is 0. The molecule has 7 aromatic rings. The summed E-state index contributed by atoms with van der Waals surface area (Å²) in [6.07, 6.45) is -17.8. The zero-order chi connectivity index (χ0) is 57.2. The van der Waals surface area contributed by atoms with E-state index >= 15 is 0 Å². The van der Waals surface area contributed by atoms with Crippen LogP contribution in [0.15, 0.2) is 212 Å². The average Bonchev–Trinajstić information content (AvgIpc) is 3.60. The molecule has 0 N–H and O–H groups in total. The largest absolute Gasteiger partial charge is 0.459 e. The van der Waals surface area contributed by atoms with Crippen LogP contribution in [0, 0.1) is 0 Å². The molecule has 0 amide bonds. The summed E-state index contributed by atoms with van der Waals surface area (Å²) < 4.78 is 69.8. The van der Waals surface area contributed by atoms with Crippen molar-refractivity contribution in [1.29, 1.82) is 0 Å². The third-order valence-electron chi connectivity index (χ3n) is 12.9. The molecule has 420 valence electrons. The first-order chi connectivity index (χ1) is 40.0. The lowest BCUT2D eigenvalue weighted by Crippen LogP contribution is -2.67. The van der Waals surface area contributed by atoms with Gasteiger partial charge in [-0.2, -0.15) is 0 Å². The molecule has 0 radical (unpaired) electrons. The quantitative estimate of drug-likeness (QED) is 0.0372. The lowest BCUT2D eigenvalue weighted by Gasteiger charge is -2.48. The molecule has 0 bridgehead atoms. The fourth-order valence-corrected chi connectivity index (χ4v) is 9.06. The number of esters is 7. The highest BCUT2D eigenvalue weighted by atomic mass is 79.9. The summed E-state index contributed by atoms with van der Waals surface area (Å²) in [4.78, 5) is 99.8. The number of hydrogen-bond acceptors (Lipinski definition) is 18. The summed E-state index contributed by atoms with van der Waals surface area (Å²) >= 11 is 3.37. The van der Waals surface area contributed by atoms with Gasteiger partial charge in [0, 0.05) is 5.33 Å². The highest BCUT2D eigenvalue weighted by Crippen LogP contribution is 2.37. The number of benzene rings is 7. The van der Waals surface area contributed by atoms with Gasteiger partial charge in [0.1, 0.15) is 31.5 Å². The number of halogens is 1. The van der Waals surface area contributed by atoms with Gasteiger partial charge in [-0.15, -0.1) is 0 Å². The lowest BCUT2D eigenvalue weighted by atomic mass is 9.95. The van der Waals surface area contributed by atoms with E-state index in [2.05, 4.69) is 15.9 Å². The van der Waals surface area contributed by atoms with Crippen molar-refractivity contribution in [3.8, 4) is 0 Å². The van der Waals surface area contributed by atoms with Crippen LogP contribution in [0.2, 0.25) is 0 Å². The molecule has 2 aliphatic rings. The van der Waals surface area contributed by atoms with Crippen LogP contribution in [-0.2, 0) is 52.1 Å². The highest BCUT2D eigenvalue weighted by molar-refractivity contribution is 9.09. The van der Waals surface area contributed by atoms with Crippen molar-refractivity contribution in [3.05, 3.63) is 251 Å². The van der Waals surface area contributed by atoms with Gasteiger partial charge in [-0.05, 0) is 84.9 Å². The van der Waals surface area contributed by atoms with E-state index in [0.29, 0.717) is 0 Å². The molecule has 9 rings (SSSR count). The van der Waals surface area contributed by atoms with Gasteiger partial charge in [-0.25, -0.2) is 33.6 Å². The van der Waals surface area contributed by atoms with Gasteiger partial charge in [0.25, 0.3) is 0 Å². The Kier molecular flexibility index (Phi) is 20.1. The third kappa shape index (κ3) is 14.9. The van der Waals surface area contributed by atoms with E-state index < -0.39 is 116 Å². The molecule has 10 unspecified atom stereocenters. The fraction of sp³-hybridized carbons (Fsp3) is 0.222. The van der Waals surface area contributed by atoms with Crippen LogP contribution in [-0.4, -0.2) is 128 Å². The van der Waals surface area contributed by atoms with E-state index in [-0.39, 0.29) is 50.9 Å². The summed E-state index contributed by atoms with van der Waals surface area (Å²) in [7, 11) is 0. The molecular weight excluding hydrogens is 1120 g/mol. The summed E-state index contributed by atoms with van der Waals surface area (Å²) in [5.74, 6) is -6.46. The second-order valence-electron chi connectivity index (χ2n) is 18.4. The van der Waals surface area contributed by atoms with Crippen molar-refractivity contribution in [2.45, 2.75) is 61.4 Å². The third-order valence-corrected chi connectivity index (χ3v) is 13.2. The minimum Gasteiger partial charge on any atom is -0.459 e. The molecule has 82 heavy (non-hydrogen) atoms. The molecule has 0 saturated carbocycles. The molecule has 2 heterocycles. The van der Waals surface area contributed by atoms with Gasteiger partial charge in [-0.1, -0.05) is 143 Å². The van der Waals surface area contributed by atoms with E-state index in [4.69, 9.17) is 52.1 Å². The number of alkyl halides is 1. The molecule has 19 heteroatoms. The van der Waals surface area contributed by atoms with E-state index in [0.717, 1.165) is 0 Å². The summed E-state index contributed by atoms with van der Waals surface area (Å²) in [6, 6.07) is 55.0. The van der Waals surface area contributed by atoms with Crippen LogP contribution >= 0.6 is 15.9 Å². The molecule has 2 aliphatic heterocycles. The van der Waals surface area contributed by atoms with E-state index in [9.17, 15) is 33.6 Å². The van der Waals surface area contributed by atoms with Crippen LogP contribution < -0.4 is 0 Å². The van der Waals surface area contributed by atoms with Gasteiger partial charge in [0.15, 0.2) is 43.1 Å². The first-order valence-corrected chi connectivity index (χ1v) is 27.0. The maximum atomic E-state index is 14.6. The van der Waals surface area contributed by atoms with Crippen LogP contribution in [0.5, 0.6) is 0 Å².